The summed E-state index contributed by atoms with van der Waals surface area (Å²) in [6.07, 6.45) is 0.339. The van der Waals surface area contributed by atoms with Gasteiger partial charge < -0.3 is 10.6 Å². The van der Waals surface area contributed by atoms with Gasteiger partial charge in [-0.05, 0) is 112 Å². The van der Waals surface area contributed by atoms with Gasteiger partial charge in [-0.15, -0.1) is 0 Å². The SMILES string of the molecule is CC(CCNc1c(NCCC(C)N(c2cc(Cl)ccc2Cl)S(=O)(=O)c2ccc(Cl)cc2)c(=O)c1=O)N(c1cc(Cl)ccc1Cl)S(=O)(=O)c1ccc(Cl)cc1. The highest BCUT2D eigenvalue weighted by molar-refractivity contribution is 7.93. The number of nitrogens with one attached hydrogen (secondary N) is 2. The molecule has 5 rings (SSSR count). The zero-order chi connectivity index (χ0) is 39.5. The van der Waals surface area contributed by atoms with Gasteiger partial charge in [-0.25, -0.2) is 16.8 Å². The van der Waals surface area contributed by atoms with Crippen molar-refractivity contribution in [1.82, 2.24) is 0 Å². The van der Waals surface area contributed by atoms with Gasteiger partial charge in [0.1, 0.15) is 11.4 Å². The van der Waals surface area contributed by atoms with E-state index >= 15 is 0 Å². The predicted octanol–water partition coefficient (Wildman–Crippen LogP) is 9.37. The second kappa shape index (κ2) is 17.3. The average molecular weight is 894 g/mol. The maximum atomic E-state index is 13.9. The van der Waals surface area contributed by atoms with Crippen molar-refractivity contribution >= 4 is 112 Å². The molecule has 0 saturated heterocycles. The van der Waals surface area contributed by atoms with Gasteiger partial charge in [0.25, 0.3) is 30.9 Å². The Labute approximate surface area is 343 Å². The summed E-state index contributed by atoms with van der Waals surface area (Å²) in [5.74, 6) is 0. The van der Waals surface area contributed by atoms with E-state index in [-0.39, 0.29) is 78.6 Å². The number of rotatable bonds is 16. The summed E-state index contributed by atoms with van der Waals surface area (Å²) in [6.45, 7) is 3.51. The van der Waals surface area contributed by atoms with E-state index < -0.39 is 43.0 Å². The Morgan fingerprint density at radius 2 is 0.833 bits per heavy atom. The van der Waals surface area contributed by atoms with Crippen LogP contribution in [0.2, 0.25) is 30.1 Å². The Morgan fingerprint density at radius 3 is 1.17 bits per heavy atom. The summed E-state index contributed by atoms with van der Waals surface area (Å²) in [5, 5.41) is 7.48. The average Bonchev–Trinajstić information content (AvgIpc) is 3.12. The zero-order valence-corrected chi connectivity index (χ0v) is 34.7. The van der Waals surface area contributed by atoms with E-state index in [0.29, 0.717) is 10.0 Å². The van der Waals surface area contributed by atoms with Crippen LogP contribution in [0.1, 0.15) is 26.7 Å². The molecule has 2 unspecified atom stereocenters. The number of benzene rings is 4. The lowest BCUT2D eigenvalue weighted by molar-refractivity contribution is 0.572. The first-order valence-corrected chi connectivity index (χ1v) is 21.4. The number of halogens is 6. The molecule has 18 heteroatoms. The topological polar surface area (TPSA) is 133 Å². The van der Waals surface area contributed by atoms with E-state index in [1.165, 1.54) is 84.9 Å². The van der Waals surface area contributed by atoms with E-state index in [4.69, 9.17) is 69.6 Å². The van der Waals surface area contributed by atoms with Crippen molar-refractivity contribution in [3.8, 4) is 0 Å². The van der Waals surface area contributed by atoms with E-state index in [1.807, 2.05) is 0 Å². The van der Waals surface area contributed by atoms with Gasteiger partial charge in [0.2, 0.25) is 0 Å². The van der Waals surface area contributed by atoms with Gasteiger partial charge in [0.05, 0.1) is 31.2 Å². The third-order valence-corrected chi connectivity index (χ3v) is 14.0. The van der Waals surface area contributed by atoms with Crippen LogP contribution in [0.4, 0.5) is 22.7 Å². The largest absolute Gasteiger partial charge is 0.380 e. The molecule has 5 aromatic carbocycles. The third kappa shape index (κ3) is 9.08. The molecule has 10 nitrogen and oxygen atoms in total. The fraction of sp³-hybridized carbons (Fsp3) is 0.222. The number of sulfonamides is 2. The lowest BCUT2D eigenvalue weighted by Gasteiger charge is -2.32. The van der Waals surface area contributed by atoms with Crippen LogP contribution >= 0.6 is 69.6 Å². The van der Waals surface area contributed by atoms with Gasteiger partial charge in [-0.3, -0.25) is 18.2 Å². The molecule has 0 saturated carbocycles. The monoisotopic (exact) mass is 890 g/mol. The van der Waals surface area contributed by atoms with Crippen LogP contribution in [0.5, 0.6) is 0 Å². The van der Waals surface area contributed by atoms with Gasteiger partial charge >= 0.3 is 0 Å². The molecule has 0 bridgehead atoms. The first-order valence-electron chi connectivity index (χ1n) is 16.2. The van der Waals surface area contributed by atoms with Gasteiger partial charge in [-0.1, -0.05) is 69.6 Å². The highest BCUT2D eigenvalue weighted by Crippen LogP contribution is 2.37. The molecule has 0 aromatic heterocycles. The minimum Gasteiger partial charge on any atom is -0.380 e. The van der Waals surface area contributed by atoms with Gasteiger partial charge in [0.15, 0.2) is 0 Å². The first kappa shape index (κ1) is 42.0. The smallest absolute Gasteiger partial charge is 0.264 e. The highest BCUT2D eigenvalue weighted by atomic mass is 35.5. The predicted molar refractivity (Wildman–Crippen MR) is 222 cm³/mol. The standard InChI is InChI=1S/C36H32Cl6N4O6S2/c1-21(45(31-19-25(39)7-13-29(31)41)53(49,50)27-9-3-23(37)4-10-27)15-17-43-33-34(36(48)35(33)47)44-18-16-22(2)46(32-20-26(40)8-14-30(32)42)54(51,52)28-11-5-24(38)6-12-28/h3-14,19-22,43-44H,15-18H2,1-2H3. The van der Waals surface area contributed by atoms with Crippen LogP contribution in [-0.2, 0) is 20.0 Å². The van der Waals surface area contributed by atoms with Crippen molar-refractivity contribution in [2.24, 2.45) is 0 Å². The van der Waals surface area contributed by atoms with E-state index in [9.17, 15) is 26.4 Å². The summed E-state index contributed by atoms with van der Waals surface area (Å²) in [7, 11) is -8.35. The van der Waals surface area contributed by atoms with Gasteiger partial charge in [0, 0.05) is 45.3 Å². The van der Waals surface area contributed by atoms with Crippen molar-refractivity contribution in [2.45, 2.75) is 48.6 Å². The van der Waals surface area contributed by atoms with Crippen molar-refractivity contribution in [3.05, 3.63) is 136 Å². The molecule has 54 heavy (non-hydrogen) atoms. The van der Waals surface area contributed by atoms with E-state index in [0.717, 1.165) is 8.61 Å². The van der Waals surface area contributed by atoms with E-state index in [1.54, 1.807) is 13.8 Å². The van der Waals surface area contributed by atoms with Gasteiger partial charge in [-0.2, -0.15) is 0 Å². The first-order chi connectivity index (χ1) is 25.4. The summed E-state index contributed by atoms with van der Waals surface area (Å²) < 4.78 is 58.1. The van der Waals surface area contributed by atoms with Crippen molar-refractivity contribution in [3.63, 3.8) is 0 Å². The Morgan fingerprint density at radius 1 is 0.519 bits per heavy atom. The molecule has 0 heterocycles. The second-order valence-electron chi connectivity index (χ2n) is 12.2. The summed E-state index contributed by atoms with van der Waals surface area (Å²) in [6, 6.07) is 18.9. The number of anilines is 4. The highest BCUT2D eigenvalue weighted by Gasteiger charge is 2.33. The zero-order valence-electron chi connectivity index (χ0n) is 28.5. The van der Waals surface area contributed by atoms with Crippen LogP contribution in [0.3, 0.4) is 0 Å². The Bertz CT molecular complexity index is 2270. The summed E-state index contributed by atoms with van der Waals surface area (Å²) >= 11 is 37.4. The number of hydrogen-bond acceptors (Lipinski definition) is 8. The van der Waals surface area contributed by atoms with Crippen LogP contribution in [0, 0.1) is 0 Å². The minimum absolute atomic E-state index is 0.0243. The number of hydrogen-bond donors (Lipinski definition) is 2. The van der Waals surface area contributed by atoms with Crippen LogP contribution in [0.25, 0.3) is 0 Å². The molecule has 0 aliphatic carbocycles. The number of nitrogens with zero attached hydrogens (tertiary/aromatic N) is 2. The van der Waals surface area contributed by atoms with Crippen LogP contribution in [-0.4, -0.2) is 42.0 Å². The van der Waals surface area contributed by atoms with Crippen molar-refractivity contribution in [2.75, 3.05) is 32.3 Å². The lowest BCUT2D eigenvalue weighted by Crippen LogP contribution is -2.42. The minimum atomic E-state index is -4.17. The fourth-order valence-corrected chi connectivity index (χ4v) is 10.2. The summed E-state index contributed by atoms with van der Waals surface area (Å²) in [4.78, 5) is 25.2. The fourth-order valence-electron chi connectivity index (χ4n) is 5.73. The second-order valence-corrected chi connectivity index (χ2v) is 18.4. The maximum absolute atomic E-state index is 13.9. The molecule has 5 aromatic rings. The lowest BCUT2D eigenvalue weighted by atomic mass is 10.1. The van der Waals surface area contributed by atoms with Crippen LogP contribution < -0.4 is 30.1 Å². The Kier molecular flexibility index (Phi) is 13.4. The summed E-state index contributed by atoms with van der Waals surface area (Å²) in [5.41, 5.74) is -1.14. The Balaban J connectivity index is 1.31. The quantitative estimate of drug-likeness (QED) is 0.0938. The molecule has 0 fully saturated rings. The van der Waals surface area contributed by atoms with E-state index in [2.05, 4.69) is 10.6 Å². The normalized spacial score (nSPS) is 13.0. The molecule has 2 N–H and O–H groups in total. The molecule has 0 aliphatic heterocycles. The van der Waals surface area contributed by atoms with Crippen molar-refractivity contribution < 1.29 is 16.8 Å². The third-order valence-electron chi connectivity index (χ3n) is 8.47. The molecule has 0 amide bonds. The maximum Gasteiger partial charge on any atom is 0.264 e. The molecule has 2 atom stereocenters. The molecule has 0 spiro atoms. The van der Waals surface area contributed by atoms with Crippen molar-refractivity contribution in [1.29, 1.82) is 0 Å². The molecule has 286 valence electrons. The molecular weight excluding hydrogens is 861 g/mol. The molecular formula is C36H32Cl6N4O6S2. The molecule has 0 aliphatic rings. The Hall–Kier alpha value is -3.20. The molecule has 0 radical (unpaired) electrons. The van der Waals surface area contributed by atoms with Crippen LogP contribution in [0.15, 0.2) is 104 Å².